The Morgan fingerprint density at radius 1 is 0.455 bits per heavy atom. The quantitative estimate of drug-likeness (QED) is 0.401. The van der Waals surface area contributed by atoms with Gasteiger partial charge in [0.1, 0.15) is 0 Å². The molecule has 0 N–H and O–H groups in total. The molecule has 11 heteroatoms. The summed E-state index contributed by atoms with van der Waals surface area (Å²) in [6.45, 7) is 0. The maximum atomic E-state index is 8.49. The molecule has 0 aliphatic carbocycles. The smallest absolute Gasteiger partial charge is 0.222 e. The molecule has 0 aromatic heterocycles. The van der Waals surface area contributed by atoms with Crippen molar-refractivity contribution in [1.29, 1.82) is 0 Å². The number of halogens is 2. The summed E-state index contributed by atoms with van der Waals surface area (Å²) in [6, 6.07) is 0. The van der Waals surface area contributed by atoms with E-state index < -0.39 is 20.5 Å². The largest absolute Gasteiger partial charge is 2.00 e. The fraction of sp³-hybridized carbons (Fsp3) is 0. The van der Waals surface area contributed by atoms with Crippen LogP contribution in [0.3, 0.4) is 0 Å². The van der Waals surface area contributed by atoms with Crippen LogP contribution in [0.15, 0.2) is 0 Å². The fourth-order valence-corrected chi connectivity index (χ4v) is 0. The van der Waals surface area contributed by atoms with E-state index >= 15 is 0 Å². The molecule has 0 amide bonds. The summed E-state index contributed by atoms with van der Waals surface area (Å²) in [5.41, 5.74) is 0. The fourth-order valence-electron chi connectivity index (χ4n) is 0. The first kappa shape index (κ1) is 18.5. The average molecular weight is 372 g/mol. The Morgan fingerprint density at radius 2 is 0.455 bits per heavy atom. The third kappa shape index (κ3) is 356. The number of hydrogen-bond donors (Lipinski definition) is 0. The Balaban J connectivity index is -0.000000107. The molecule has 8 nitrogen and oxygen atoms in total. The van der Waals surface area contributed by atoms with E-state index in [0.717, 1.165) is 0 Å². The second-order valence-electron chi connectivity index (χ2n) is 0.756. The molecule has 11 heavy (non-hydrogen) atoms. The van der Waals surface area contributed by atoms with E-state index in [2.05, 4.69) is 0 Å². The summed E-state index contributed by atoms with van der Waals surface area (Å²) in [5, 5.41) is 0. The van der Waals surface area contributed by atoms with Gasteiger partial charge in [-0.2, -0.15) is 0 Å². The molecule has 0 aromatic rings. The third-order valence-corrected chi connectivity index (χ3v) is 0. The maximum Gasteiger partial charge on any atom is 2.00 e. The van der Waals surface area contributed by atoms with Gasteiger partial charge in [-0.1, -0.05) is 0 Å². The topological polar surface area (TPSA) is 184 Å². The third-order valence-electron chi connectivity index (χ3n) is 0. The maximum absolute atomic E-state index is 8.49. The first-order valence-electron chi connectivity index (χ1n) is 1.23. The molecular weight excluding hydrogens is 372 g/mol. The Morgan fingerprint density at radius 3 is 0.455 bits per heavy atom. The van der Waals surface area contributed by atoms with Gasteiger partial charge in [0.05, 0.1) is 0 Å². The van der Waals surface area contributed by atoms with Crippen LogP contribution in [0, 0.1) is 67.4 Å². The summed E-state index contributed by atoms with van der Waals surface area (Å²) in [4.78, 5) is 0. The van der Waals surface area contributed by atoms with Crippen LogP contribution < -0.4 is 37.3 Å². The summed E-state index contributed by atoms with van der Waals surface area (Å²) >= 11 is 0. The van der Waals surface area contributed by atoms with Crippen LogP contribution in [0.4, 0.5) is 0 Å². The Bertz CT molecular complexity index is 55.1. The van der Waals surface area contributed by atoms with Crippen LogP contribution in [0.1, 0.15) is 0 Å². The van der Waals surface area contributed by atoms with Gasteiger partial charge >= 0.3 is 46.9 Å². The predicted octanol–water partition coefficient (Wildman–Crippen LogP) is -9.51. The van der Waals surface area contributed by atoms with Gasteiger partial charge in [-0.05, 0) is 0 Å². The van der Waals surface area contributed by atoms with Crippen molar-refractivity contribution in [2.75, 3.05) is 0 Å². The van der Waals surface area contributed by atoms with E-state index in [-0.39, 0.29) is 46.9 Å². The molecule has 0 radical (unpaired) electrons. The number of rotatable bonds is 0. The zero-order valence-electron chi connectivity index (χ0n) is 4.29. The summed E-state index contributed by atoms with van der Waals surface area (Å²) in [5.74, 6) is 0. The van der Waals surface area contributed by atoms with E-state index in [1.807, 2.05) is 0 Å². The number of hydrogen-bond acceptors (Lipinski definition) is 8. The van der Waals surface area contributed by atoms with E-state index in [1.165, 1.54) is 0 Å². The minimum Gasteiger partial charge on any atom is -0.222 e. The average Bonchev–Trinajstić information content (AvgIpc) is 1.12. The minimum atomic E-state index is -4.94. The first-order chi connectivity index (χ1) is 4.00. The van der Waals surface area contributed by atoms with Gasteiger partial charge in [0.2, 0.25) is 0 Å². The Hall–Kier alpha value is 1.78. The van der Waals surface area contributed by atoms with Crippen molar-refractivity contribution in [1.82, 2.24) is 0 Å². The van der Waals surface area contributed by atoms with Crippen molar-refractivity contribution >= 4 is 0 Å². The van der Waals surface area contributed by atoms with Crippen molar-refractivity contribution in [3.63, 3.8) is 0 Å². The van der Waals surface area contributed by atoms with E-state index in [9.17, 15) is 0 Å². The molecule has 0 aliphatic heterocycles. The molecule has 0 aromatic carbocycles. The molecule has 0 spiro atoms. The van der Waals surface area contributed by atoms with Crippen LogP contribution in [-0.2, 0) is 0 Å². The standard InChI is InChI=1S/2ClHO4.Yb/c2*2-1(3,4)5;/h2*(H,2,3,4,5);/q;;+2/p-2. The van der Waals surface area contributed by atoms with Crippen molar-refractivity contribution in [3.8, 4) is 0 Å². The molecule has 0 fully saturated rings. The second kappa shape index (κ2) is 7.21. The van der Waals surface area contributed by atoms with Gasteiger partial charge in [0.25, 0.3) is 0 Å². The Kier molecular flexibility index (Phi) is 12.2. The zero-order chi connectivity index (χ0) is 9.00. The van der Waals surface area contributed by atoms with Gasteiger partial charge in [-0.15, -0.1) is 20.5 Å². The molecule has 0 saturated heterocycles. The molecule has 0 heterocycles. The van der Waals surface area contributed by atoms with Gasteiger partial charge < -0.3 is 0 Å². The van der Waals surface area contributed by atoms with E-state index in [0.29, 0.717) is 0 Å². The SMILES string of the molecule is [O-][Cl+3]([O-])([O-])[O-].[O-][Cl+3]([O-])([O-])[O-].[Yb+2]. The minimum absolute atomic E-state index is 0. The molecule has 76 valence electrons. The summed E-state index contributed by atoms with van der Waals surface area (Å²) in [7, 11) is -9.89. The van der Waals surface area contributed by atoms with Gasteiger partial charge in [-0.3, -0.25) is 0 Å². The van der Waals surface area contributed by atoms with Crippen molar-refractivity contribution in [3.05, 3.63) is 0 Å². The van der Waals surface area contributed by atoms with E-state index in [1.54, 1.807) is 0 Å². The van der Waals surface area contributed by atoms with Crippen LogP contribution >= 0.6 is 0 Å². The van der Waals surface area contributed by atoms with Gasteiger partial charge in [0.15, 0.2) is 0 Å². The van der Waals surface area contributed by atoms with Crippen LogP contribution in [0.5, 0.6) is 0 Å². The molecule has 0 saturated carbocycles. The molecule has 0 unspecified atom stereocenters. The normalized spacial score (nSPS) is 10.9. The molecule has 0 rings (SSSR count). The van der Waals surface area contributed by atoms with Crippen LogP contribution in [-0.4, -0.2) is 0 Å². The Labute approximate surface area is 103 Å². The zero-order valence-corrected chi connectivity index (χ0v) is 7.52. The molecule has 0 aliphatic rings. The van der Waals surface area contributed by atoms with Gasteiger partial charge in [-0.25, -0.2) is 37.3 Å². The van der Waals surface area contributed by atoms with Crippen molar-refractivity contribution in [2.24, 2.45) is 0 Å². The van der Waals surface area contributed by atoms with Crippen LogP contribution in [0.2, 0.25) is 0 Å². The molecule has 0 bridgehead atoms. The van der Waals surface area contributed by atoms with E-state index in [4.69, 9.17) is 37.3 Å². The van der Waals surface area contributed by atoms with Gasteiger partial charge in [0, 0.05) is 0 Å². The summed E-state index contributed by atoms with van der Waals surface area (Å²) < 4.78 is 67.9. The first-order valence-corrected chi connectivity index (χ1v) is 3.70. The molecule has 0 atom stereocenters. The van der Waals surface area contributed by atoms with Crippen molar-refractivity contribution in [2.45, 2.75) is 0 Å². The summed E-state index contributed by atoms with van der Waals surface area (Å²) in [6.07, 6.45) is 0. The second-order valence-corrected chi connectivity index (χ2v) is 2.27. The predicted molar refractivity (Wildman–Crippen MR) is 0 cm³/mol. The van der Waals surface area contributed by atoms with Crippen molar-refractivity contribution < 1.29 is 105 Å². The monoisotopic (exact) mass is 372 g/mol. The van der Waals surface area contributed by atoms with Crippen LogP contribution in [0.25, 0.3) is 0 Å². The molecular formula is Cl2O8Yb.